The van der Waals surface area contributed by atoms with E-state index in [4.69, 9.17) is 4.98 Å². The van der Waals surface area contributed by atoms with Gasteiger partial charge in [0.15, 0.2) is 0 Å². The van der Waals surface area contributed by atoms with Crippen LogP contribution >= 0.6 is 11.3 Å². The monoisotopic (exact) mass is 434 g/mol. The Morgan fingerprint density at radius 1 is 1.03 bits per heavy atom. The van der Waals surface area contributed by atoms with Crippen molar-refractivity contribution in [2.45, 2.75) is 19.9 Å². The molecule has 2 aromatic carbocycles. The van der Waals surface area contributed by atoms with Gasteiger partial charge in [0.25, 0.3) is 0 Å². The molecule has 0 atom stereocenters. The highest BCUT2D eigenvalue weighted by Gasteiger charge is 2.17. The van der Waals surface area contributed by atoms with Gasteiger partial charge >= 0.3 is 0 Å². The third kappa shape index (κ3) is 5.58. The van der Waals surface area contributed by atoms with Crippen molar-refractivity contribution in [3.05, 3.63) is 71.2 Å². The second-order valence-electron chi connectivity index (χ2n) is 8.07. The van der Waals surface area contributed by atoms with Crippen LogP contribution in [0.2, 0.25) is 0 Å². The number of carbonyl (C=O) groups is 1. The molecule has 6 heteroatoms. The van der Waals surface area contributed by atoms with E-state index in [1.165, 1.54) is 5.56 Å². The summed E-state index contributed by atoms with van der Waals surface area (Å²) in [5, 5.41) is 2.97. The average molecular weight is 435 g/mol. The van der Waals surface area contributed by atoms with Crippen LogP contribution in [0.25, 0.3) is 10.6 Å². The molecule has 0 saturated carbocycles. The van der Waals surface area contributed by atoms with Gasteiger partial charge in [0, 0.05) is 55.9 Å². The number of nitrogens with zero attached hydrogens (tertiary/aromatic N) is 4. The van der Waals surface area contributed by atoms with E-state index in [1.54, 1.807) is 11.3 Å². The van der Waals surface area contributed by atoms with Crippen LogP contribution < -0.4 is 4.90 Å². The molecule has 31 heavy (non-hydrogen) atoms. The number of carbonyl (C=O) groups excluding carboxylic acids is 1. The van der Waals surface area contributed by atoms with Crippen LogP contribution in [-0.4, -0.2) is 60.5 Å². The fraction of sp³-hybridized carbons (Fsp3) is 0.360. The number of aromatic nitrogens is 1. The molecule has 1 fully saturated rings. The van der Waals surface area contributed by atoms with Crippen LogP contribution in [0.1, 0.15) is 18.2 Å². The smallest absolute Gasteiger partial charge is 0.233 e. The van der Waals surface area contributed by atoms with Crippen LogP contribution in [0.4, 0.5) is 5.69 Å². The SMILES string of the molecule is CCN(C(=O)Cc1csc(-c2ccc(CN3CCN(C)CC3)cc2)n1)c1ccccc1. The van der Waals surface area contributed by atoms with Crippen molar-refractivity contribution in [2.24, 2.45) is 0 Å². The topological polar surface area (TPSA) is 39.7 Å². The van der Waals surface area contributed by atoms with Crippen molar-refractivity contribution in [2.75, 3.05) is 44.7 Å². The van der Waals surface area contributed by atoms with Crippen molar-refractivity contribution in [1.29, 1.82) is 0 Å². The Morgan fingerprint density at radius 2 is 1.74 bits per heavy atom. The van der Waals surface area contributed by atoms with Gasteiger partial charge in [-0.05, 0) is 31.7 Å². The summed E-state index contributed by atoms with van der Waals surface area (Å²) in [5.41, 5.74) is 4.21. The maximum Gasteiger partial charge on any atom is 0.233 e. The lowest BCUT2D eigenvalue weighted by molar-refractivity contribution is -0.118. The van der Waals surface area contributed by atoms with E-state index in [0.717, 1.165) is 54.7 Å². The first kappa shape index (κ1) is 21.7. The summed E-state index contributed by atoms with van der Waals surface area (Å²) in [6, 6.07) is 18.5. The molecule has 2 heterocycles. The molecule has 0 unspecified atom stereocenters. The highest BCUT2D eigenvalue weighted by molar-refractivity contribution is 7.13. The van der Waals surface area contributed by atoms with E-state index < -0.39 is 0 Å². The van der Waals surface area contributed by atoms with Crippen LogP contribution in [0, 0.1) is 0 Å². The van der Waals surface area contributed by atoms with Crippen molar-refractivity contribution in [1.82, 2.24) is 14.8 Å². The largest absolute Gasteiger partial charge is 0.312 e. The van der Waals surface area contributed by atoms with E-state index in [2.05, 4.69) is 41.1 Å². The number of hydrogen-bond acceptors (Lipinski definition) is 5. The molecule has 1 aromatic heterocycles. The lowest BCUT2D eigenvalue weighted by atomic mass is 10.1. The minimum atomic E-state index is 0.0769. The van der Waals surface area contributed by atoms with E-state index in [1.807, 2.05) is 47.5 Å². The molecule has 0 N–H and O–H groups in total. The lowest BCUT2D eigenvalue weighted by Crippen LogP contribution is -2.43. The number of hydrogen-bond donors (Lipinski definition) is 0. The Labute approximate surface area is 188 Å². The first-order valence-electron chi connectivity index (χ1n) is 10.9. The van der Waals surface area contributed by atoms with Crippen molar-refractivity contribution in [3.63, 3.8) is 0 Å². The van der Waals surface area contributed by atoms with Gasteiger partial charge in [0.1, 0.15) is 5.01 Å². The normalized spacial score (nSPS) is 15.2. The predicted molar refractivity (Wildman–Crippen MR) is 128 cm³/mol. The number of likely N-dealkylation sites (N-methyl/N-ethyl adjacent to an activating group) is 2. The van der Waals surface area contributed by atoms with Crippen molar-refractivity contribution < 1.29 is 4.79 Å². The van der Waals surface area contributed by atoms with Crippen LogP contribution in [0.3, 0.4) is 0 Å². The first-order chi connectivity index (χ1) is 15.1. The number of benzene rings is 2. The van der Waals surface area contributed by atoms with Gasteiger partial charge in [-0.1, -0.05) is 42.5 Å². The number of para-hydroxylation sites is 1. The van der Waals surface area contributed by atoms with Gasteiger partial charge in [0.2, 0.25) is 5.91 Å². The molecule has 1 aliphatic heterocycles. The number of thiazole rings is 1. The minimum absolute atomic E-state index is 0.0769. The fourth-order valence-electron chi connectivity index (χ4n) is 3.90. The summed E-state index contributed by atoms with van der Waals surface area (Å²) < 4.78 is 0. The zero-order valence-electron chi connectivity index (χ0n) is 18.3. The maximum atomic E-state index is 12.8. The van der Waals surface area contributed by atoms with E-state index in [-0.39, 0.29) is 5.91 Å². The van der Waals surface area contributed by atoms with Gasteiger partial charge in [-0.25, -0.2) is 4.98 Å². The molecule has 3 aromatic rings. The summed E-state index contributed by atoms with van der Waals surface area (Å²) in [4.78, 5) is 24.3. The van der Waals surface area contributed by atoms with Crippen molar-refractivity contribution in [3.8, 4) is 10.6 Å². The first-order valence-corrected chi connectivity index (χ1v) is 11.8. The van der Waals surface area contributed by atoms with Crippen LogP contribution in [0.5, 0.6) is 0 Å². The third-order valence-corrected chi connectivity index (χ3v) is 6.71. The molecular formula is C25H30N4OS. The van der Waals surface area contributed by atoms with Gasteiger partial charge in [-0.2, -0.15) is 0 Å². The summed E-state index contributed by atoms with van der Waals surface area (Å²) >= 11 is 1.60. The standard InChI is InChI=1S/C25H30N4OS/c1-3-29(23-7-5-4-6-8-23)24(30)17-22-19-31-25(26-22)21-11-9-20(10-12-21)18-28-15-13-27(2)14-16-28/h4-12,19H,3,13-18H2,1-2H3. The van der Waals surface area contributed by atoms with E-state index >= 15 is 0 Å². The summed E-state index contributed by atoms with van der Waals surface area (Å²) in [6.07, 6.45) is 0.320. The molecule has 4 rings (SSSR count). The molecular weight excluding hydrogens is 404 g/mol. The minimum Gasteiger partial charge on any atom is -0.312 e. The Balaban J connectivity index is 1.37. The second-order valence-corrected chi connectivity index (χ2v) is 8.93. The van der Waals surface area contributed by atoms with Gasteiger partial charge in [0.05, 0.1) is 12.1 Å². The van der Waals surface area contributed by atoms with Gasteiger partial charge in [-0.15, -0.1) is 11.3 Å². The third-order valence-electron chi connectivity index (χ3n) is 5.77. The summed E-state index contributed by atoms with van der Waals surface area (Å²) in [6.45, 7) is 8.17. The average Bonchev–Trinajstić information content (AvgIpc) is 3.25. The molecule has 0 aliphatic carbocycles. The summed E-state index contributed by atoms with van der Waals surface area (Å²) in [5.74, 6) is 0.0769. The molecule has 1 saturated heterocycles. The van der Waals surface area contributed by atoms with Gasteiger partial charge in [-0.3, -0.25) is 9.69 Å². The Morgan fingerprint density at radius 3 is 2.42 bits per heavy atom. The number of rotatable bonds is 7. The maximum absolute atomic E-state index is 12.8. The highest BCUT2D eigenvalue weighted by atomic mass is 32.1. The molecule has 0 spiro atoms. The summed E-state index contributed by atoms with van der Waals surface area (Å²) in [7, 11) is 2.18. The highest BCUT2D eigenvalue weighted by Crippen LogP contribution is 2.25. The lowest BCUT2D eigenvalue weighted by Gasteiger charge is -2.32. The molecule has 5 nitrogen and oxygen atoms in total. The zero-order chi connectivity index (χ0) is 21.6. The number of anilines is 1. The fourth-order valence-corrected chi connectivity index (χ4v) is 4.72. The number of amides is 1. The Hall–Kier alpha value is -2.54. The van der Waals surface area contributed by atoms with E-state index in [0.29, 0.717) is 13.0 Å². The van der Waals surface area contributed by atoms with Gasteiger partial charge < -0.3 is 9.80 Å². The number of piperazine rings is 1. The molecule has 162 valence electrons. The van der Waals surface area contributed by atoms with Crippen LogP contribution in [-0.2, 0) is 17.8 Å². The predicted octanol–water partition coefficient (Wildman–Crippen LogP) is 4.15. The van der Waals surface area contributed by atoms with Crippen LogP contribution in [0.15, 0.2) is 60.0 Å². The Bertz CT molecular complexity index is 978. The molecule has 1 amide bonds. The molecule has 1 aliphatic rings. The molecule has 0 bridgehead atoms. The van der Waals surface area contributed by atoms with Crippen molar-refractivity contribution >= 4 is 22.9 Å². The zero-order valence-corrected chi connectivity index (χ0v) is 19.1. The Kier molecular flexibility index (Phi) is 7.12. The quantitative estimate of drug-likeness (QED) is 0.560. The second kappa shape index (κ2) is 10.2. The molecule has 0 radical (unpaired) electrons. The van der Waals surface area contributed by atoms with E-state index in [9.17, 15) is 4.79 Å².